The Hall–Kier alpha value is -2.11. The minimum Gasteiger partial charge on any atom is -0.493 e. The van der Waals surface area contributed by atoms with Crippen LogP contribution in [0.15, 0.2) is 24.3 Å². The predicted molar refractivity (Wildman–Crippen MR) is 61.8 cm³/mol. The standard InChI is InChI=1S/C12H14FNO4/c1-8(12(16)17)14-11(15)5-6-18-10-4-2-3-9(13)7-10/h2-4,7-8H,5-6H2,1H3,(H,14,15)(H,16,17)/t8-/m1/s1. The molecular formula is C12H14FNO4. The number of amides is 1. The van der Waals surface area contributed by atoms with E-state index in [-0.39, 0.29) is 13.0 Å². The molecule has 18 heavy (non-hydrogen) atoms. The van der Waals surface area contributed by atoms with Crippen molar-refractivity contribution < 1.29 is 23.8 Å². The van der Waals surface area contributed by atoms with Gasteiger partial charge in [0.1, 0.15) is 17.6 Å². The van der Waals surface area contributed by atoms with E-state index in [0.717, 1.165) is 0 Å². The van der Waals surface area contributed by atoms with E-state index in [2.05, 4.69) is 5.32 Å². The molecule has 1 amide bonds. The van der Waals surface area contributed by atoms with Gasteiger partial charge in [-0.25, -0.2) is 4.39 Å². The summed E-state index contributed by atoms with van der Waals surface area (Å²) < 4.78 is 17.9. The molecule has 0 aliphatic rings. The molecule has 0 spiro atoms. The second kappa shape index (κ2) is 6.58. The maximum Gasteiger partial charge on any atom is 0.325 e. The van der Waals surface area contributed by atoms with Gasteiger partial charge in [0.15, 0.2) is 0 Å². The number of benzene rings is 1. The molecule has 1 atom stereocenters. The third kappa shape index (κ3) is 4.82. The summed E-state index contributed by atoms with van der Waals surface area (Å²) in [6.45, 7) is 1.43. The lowest BCUT2D eigenvalue weighted by Gasteiger charge is -2.09. The lowest BCUT2D eigenvalue weighted by atomic mass is 10.3. The van der Waals surface area contributed by atoms with Gasteiger partial charge < -0.3 is 15.2 Å². The summed E-state index contributed by atoms with van der Waals surface area (Å²) in [6, 6.07) is 4.62. The molecule has 0 radical (unpaired) electrons. The van der Waals surface area contributed by atoms with Crippen molar-refractivity contribution in [3.63, 3.8) is 0 Å². The van der Waals surface area contributed by atoms with Crippen molar-refractivity contribution in [1.29, 1.82) is 0 Å². The first-order chi connectivity index (χ1) is 8.49. The minimum absolute atomic E-state index is 0.00807. The molecule has 1 aromatic rings. The van der Waals surface area contributed by atoms with E-state index in [9.17, 15) is 14.0 Å². The first-order valence-electron chi connectivity index (χ1n) is 5.39. The predicted octanol–water partition coefficient (Wildman–Crippen LogP) is 1.18. The van der Waals surface area contributed by atoms with Crippen LogP contribution in [-0.4, -0.2) is 29.6 Å². The van der Waals surface area contributed by atoms with Crippen LogP contribution in [0.5, 0.6) is 5.75 Å². The highest BCUT2D eigenvalue weighted by Gasteiger charge is 2.13. The third-order valence-electron chi connectivity index (χ3n) is 2.14. The molecule has 2 N–H and O–H groups in total. The average Bonchev–Trinajstić information content (AvgIpc) is 2.28. The van der Waals surface area contributed by atoms with Gasteiger partial charge in [-0.05, 0) is 19.1 Å². The van der Waals surface area contributed by atoms with E-state index in [4.69, 9.17) is 9.84 Å². The molecule has 0 bridgehead atoms. The van der Waals surface area contributed by atoms with E-state index in [1.807, 2.05) is 0 Å². The summed E-state index contributed by atoms with van der Waals surface area (Å²) in [5.74, 6) is -1.62. The highest BCUT2D eigenvalue weighted by molar-refractivity contribution is 5.83. The molecule has 0 aromatic heterocycles. The second-order valence-corrected chi connectivity index (χ2v) is 3.68. The number of ether oxygens (including phenoxy) is 1. The maximum absolute atomic E-state index is 12.8. The molecule has 0 saturated carbocycles. The highest BCUT2D eigenvalue weighted by atomic mass is 19.1. The summed E-state index contributed by atoms with van der Waals surface area (Å²) in [6.07, 6.45) is 0.00807. The molecule has 0 unspecified atom stereocenters. The molecule has 1 rings (SSSR count). The first kappa shape index (κ1) is 14.0. The number of hydrogen-bond donors (Lipinski definition) is 2. The zero-order valence-corrected chi connectivity index (χ0v) is 9.85. The largest absolute Gasteiger partial charge is 0.493 e. The van der Waals surface area contributed by atoms with Crippen LogP contribution in [0.4, 0.5) is 4.39 Å². The molecule has 0 heterocycles. The molecule has 1 aromatic carbocycles. The SMILES string of the molecule is C[C@@H](NC(=O)CCOc1cccc(F)c1)C(=O)O. The minimum atomic E-state index is -1.10. The van der Waals surface area contributed by atoms with Gasteiger partial charge in [-0.1, -0.05) is 6.07 Å². The molecule has 5 nitrogen and oxygen atoms in total. The van der Waals surface area contributed by atoms with Crippen molar-refractivity contribution in [2.45, 2.75) is 19.4 Å². The number of aliphatic carboxylic acids is 1. The lowest BCUT2D eigenvalue weighted by molar-refractivity contribution is -0.141. The van der Waals surface area contributed by atoms with Crippen LogP contribution in [0.3, 0.4) is 0 Å². The van der Waals surface area contributed by atoms with E-state index in [1.54, 1.807) is 6.07 Å². The van der Waals surface area contributed by atoms with Gasteiger partial charge in [0.2, 0.25) is 5.91 Å². The normalized spacial score (nSPS) is 11.7. The molecular weight excluding hydrogens is 241 g/mol. The fraction of sp³-hybridized carbons (Fsp3) is 0.333. The molecule has 0 aliphatic heterocycles. The van der Waals surface area contributed by atoms with E-state index < -0.39 is 23.7 Å². The van der Waals surface area contributed by atoms with Crippen LogP contribution < -0.4 is 10.1 Å². The van der Waals surface area contributed by atoms with Gasteiger partial charge in [0, 0.05) is 6.07 Å². The lowest BCUT2D eigenvalue weighted by Crippen LogP contribution is -2.38. The third-order valence-corrected chi connectivity index (χ3v) is 2.14. The van der Waals surface area contributed by atoms with Crippen molar-refractivity contribution >= 4 is 11.9 Å². The van der Waals surface area contributed by atoms with E-state index in [0.29, 0.717) is 5.75 Å². The number of carboxylic acids is 1. The Morgan fingerprint density at radius 2 is 2.22 bits per heavy atom. The Morgan fingerprint density at radius 1 is 1.50 bits per heavy atom. The van der Waals surface area contributed by atoms with Crippen LogP contribution in [0.1, 0.15) is 13.3 Å². The topological polar surface area (TPSA) is 75.6 Å². The molecule has 0 saturated heterocycles. The monoisotopic (exact) mass is 255 g/mol. The number of carboxylic acid groups (broad SMARTS) is 1. The summed E-state index contributed by atoms with van der Waals surface area (Å²) in [5, 5.41) is 10.9. The maximum atomic E-state index is 12.8. The Labute approximate surface area is 104 Å². The van der Waals surface area contributed by atoms with E-state index in [1.165, 1.54) is 25.1 Å². The Morgan fingerprint density at radius 3 is 2.83 bits per heavy atom. The number of hydrogen-bond acceptors (Lipinski definition) is 3. The number of nitrogens with one attached hydrogen (secondary N) is 1. The molecule has 6 heteroatoms. The zero-order valence-electron chi connectivity index (χ0n) is 9.85. The van der Waals surface area contributed by atoms with Crippen LogP contribution >= 0.6 is 0 Å². The van der Waals surface area contributed by atoms with Gasteiger partial charge in [0.05, 0.1) is 13.0 Å². The van der Waals surface area contributed by atoms with Gasteiger partial charge in [-0.15, -0.1) is 0 Å². The number of carbonyl (C=O) groups excluding carboxylic acids is 1. The van der Waals surface area contributed by atoms with E-state index >= 15 is 0 Å². The van der Waals surface area contributed by atoms with Gasteiger partial charge in [0.25, 0.3) is 0 Å². The molecule has 0 aliphatic carbocycles. The van der Waals surface area contributed by atoms with Crippen molar-refractivity contribution in [1.82, 2.24) is 5.32 Å². The second-order valence-electron chi connectivity index (χ2n) is 3.68. The van der Waals surface area contributed by atoms with Gasteiger partial charge >= 0.3 is 5.97 Å². The fourth-order valence-corrected chi connectivity index (χ4v) is 1.19. The number of carbonyl (C=O) groups is 2. The molecule has 98 valence electrons. The van der Waals surface area contributed by atoms with Crippen LogP contribution in [0, 0.1) is 5.82 Å². The van der Waals surface area contributed by atoms with Crippen molar-refractivity contribution in [2.75, 3.05) is 6.61 Å². The van der Waals surface area contributed by atoms with Crippen molar-refractivity contribution in [3.05, 3.63) is 30.1 Å². The fourth-order valence-electron chi connectivity index (χ4n) is 1.19. The number of halogens is 1. The van der Waals surface area contributed by atoms with Gasteiger partial charge in [-0.3, -0.25) is 9.59 Å². The Balaban J connectivity index is 2.29. The quantitative estimate of drug-likeness (QED) is 0.800. The van der Waals surface area contributed by atoms with Gasteiger partial charge in [-0.2, -0.15) is 0 Å². The smallest absolute Gasteiger partial charge is 0.325 e. The van der Waals surface area contributed by atoms with Crippen molar-refractivity contribution in [2.24, 2.45) is 0 Å². The van der Waals surface area contributed by atoms with Crippen LogP contribution in [0.25, 0.3) is 0 Å². The average molecular weight is 255 g/mol. The van der Waals surface area contributed by atoms with Crippen LogP contribution in [-0.2, 0) is 9.59 Å². The zero-order chi connectivity index (χ0) is 13.5. The Kier molecular flexibility index (Phi) is 5.10. The summed E-state index contributed by atoms with van der Waals surface area (Å²) in [4.78, 5) is 21.8. The summed E-state index contributed by atoms with van der Waals surface area (Å²) >= 11 is 0. The van der Waals surface area contributed by atoms with Crippen LogP contribution in [0.2, 0.25) is 0 Å². The Bertz CT molecular complexity index is 436. The number of rotatable bonds is 6. The van der Waals surface area contributed by atoms with Crippen molar-refractivity contribution in [3.8, 4) is 5.75 Å². The molecule has 0 fully saturated rings. The summed E-state index contributed by atoms with van der Waals surface area (Å²) in [5.41, 5.74) is 0. The first-order valence-corrected chi connectivity index (χ1v) is 5.39. The highest BCUT2D eigenvalue weighted by Crippen LogP contribution is 2.11. The summed E-state index contributed by atoms with van der Waals surface area (Å²) in [7, 11) is 0.